The minimum atomic E-state index is -3.15. The molecule has 9 nitrogen and oxygen atoms in total. The van der Waals surface area contributed by atoms with Crippen LogP contribution in [0.2, 0.25) is 0 Å². The lowest BCUT2D eigenvalue weighted by Crippen LogP contribution is -2.48. The molecule has 0 unspecified atom stereocenters. The van der Waals surface area contributed by atoms with Crippen molar-refractivity contribution in [2.75, 3.05) is 49.9 Å². The molecule has 1 fully saturated rings. The lowest BCUT2D eigenvalue weighted by Gasteiger charge is -2.34. The van der Waals surface area contributed by atoms with Crippen molar-refractivity contribution in [3.8, 4) is 5.75 Å². The summed E-state index contributed by atoms with van der Waals surface area (Å²) in [6, 6.07) is 0. The molecular weight excluding hydrogens is 284 g/mol. The van der Waals surface area contributed by atoms with Crippen molar-refractivity contribution in [1.82, 2.24) is 14.3 Å². The van der Waals surface area contributed by atoms with Gasteiger partial charge in [-0.25, -0.2) is 24.2 Å². The molecule has 1 aliphatic heterocycles. The van der Waals surface area contributed by atoms with E-state index in [0.29, 0.717) is 43.6 Å². The van der Waals surface area contributed by atoms with Crippen LogP contribution in [0, 0.1) is 0 Å². The van der Waals surface area contributed by atoms with Gasteiger partial charge in [0.15, 0.2) is 11.6 Å². The minimum Gasteiger partial charge on any atom is -0.490 e. The van der Waals surface area contributed by atoms with Gasteiger partial charge in [-0.2, -0.15) is 4.31 Å². The van der Waals surface area contributed by atoms with Crippen molar-refractivity contribution < 1.29 is 13.2 Å². The highest BCUT2D eigenvalue weighted by molar-refractivity contribution is 7.88. The van der Waals surface area contributed by atoms with E-state index in [2.05, 4.69) is 15.4 Å². The second-order valence-corrected chi connectivity index (χ2v) is 6.35. The fourth-order valence-corrected chi connectivity index (χ4v) is 2.94. The topological polar surface area (TPSA) is 114 Å². The Hall–Kier alpha value is -1.65. The van der Waals surface area contributed by atoms with Crippen LogP contribution in [0.5, 0.6) is 5.75 Å². The van der Waals surface area contributed by atoms with Gasteiger partial charge in [0, 0.05) is 26.2 Å². The number of hydrazine groups is 1. The number of rotatable bonds is 4. The number of ether oxygens (including phenoxy) is 1. The number of aromatic nitrogens is 2. The highest BCUT2D eigenvalue weighted by Gasteiger charge is 2.26. The second-order valence-electron chi connectivity index (χ2n) is 4.37. The number of nitrogens with one attached hydrogen (secondary N) is 1. The number of methoxy groups -OCH3 is 1. The summed E-state index contributed by atoms with van der Waals surface area (Å²) in [6.07, 6.45) is 2.60. The molecule has 3 N–H and O–H groups in total. The molecule has 2 heterocycles. The van der Waals surface area contributed by atoms with Crippen LogP contribution in [0.3, 0.4) is 0 Å². The molecule has 0 amide bonds. The molecule has 0 aromatic carbocycles. The minimum absolute atomic E-state index is 0.392. The normalized spacial score (nSPS) is 17.1. The fraction of sp³-hybridized carbons (Fsp3) is 0.600. The van der Waals surface area contributed by atoms with Gasteiger partial charge in [0.25, 0.3) is 0 Å². The van der Waals surface area contributed by atoms with Crippen LogP contribution in [0.15, 0.2) is 6.33 Å². The third-order valence-electron chi connectivity index (χ3n) is 3.13. The lowest BCUT2D eigenvalue weighted by atomic mass is 10.3. The summed E-state index contributed by atoms with van der Waals surface area (Å²) in [5.74, 6) is 6.82. The smallest absolute Gasteiger partial charge is 0.211 e. The van der Waals surface area contributed by atoms with E-state index in [4.69, 9.17) is 10.6 Å². The summed E-state index contributed by atoms with van der Waals surface area (Å²) >= 11 is 0. The van der Waals surface area contributed by atoms with Gasteiger partial charge in [-0.1, -0.05) is 0 Å². The van der Waals surface area contributed by atoms with E-state index in [0.717, 1.165) is 0 Å². The van der Waals surface area contributed by atoms with Crippen LogP contribution < -0.4 is 20.9 Å². The molecule has 0 radical (unpaired) electrons. The van der Waals surface area contributed by atoms with Crippen LogP contribution in [-0.2, 0) is 10.0 Å². The maximum Gasteiger partial charge on any atom is 0.211 e. The van der Waals surface area contributed by atoms with Gasteiger partial charge in [-0.3, -0.25) is 0 Å². The second kappa shape index (κ2) is 5.77. The maximum absolute atomic E-state index is 11.5. The number of nitrogens with zero attached hydrogens (tertiary/aromatic N) is 4. The molecule has 1 aromatic rings. The zero-order valence-electron chi connectivity index (χ0n) is 11.4. The number of anilines is 2. The van der Waals surface area contributed by atoms with Crippen LogP contribution in [0.25, 0.3) is 0 Å². The predicted octanol–water partition coefficient (Wildman–Crippen LogP) is -1.15. The first-order valence-electron chi connectivity index (χ1n) is 6.03. The third kappa shape index (κ3) is 2.92. The summed E-state index contributed by atoms with van der Waals surface area (Å²) in [4.78, 5) is 10.1. The summed E-state index contributed by atoms with van der Waals surface area (Å²) in [7, 11) is -1.64. The summed E-state index contributed by atoms with van der Waals surface area (Å²) < 4.78 is 29.7. The number of nitrogen functional groups attached to an aromatic ring is 1. The van der Waals surface area contributed by atoms with E-state index in [1.165, 1.54) is 24.0 Å². The molecule has 0 bridgehead atoms. The van der Waals surface area contributed by atoms with Crippen molar-refractivity contribution in [1.29, 1.82) is 0 Å². The highest BCUT2D eigenvalue weighted by Crippen LogP contribution is 2.31. The summed E-state index contributed by atoms with van der Waals surface area (Å²) in [5, 5.41) is 0. The van der Waals surface area contributed by atoms with Crippen LogP contribution >= 0.6 is 0 Å². The first-order chi connectivity index (χ1) is 9.47. The molecule has 1 aliphatic rings. The fourth-order valence-electron chi connectivity index (χ4n) is 2.11. The SMILES string of the molecule is COc1c(NN)ncnc1N1CCN(S(C)(=O)=O)CC1. The number of hydrogen-bond acceptors (Lipinski definition) is 8. The molecule has 0 atom stereocenters. The molecule has 0 spiro atoms. The van der Waals surface area contributed by atoms with E-state index in [1.807, 2.05) is 4.90 Å². The standard InChI is InChI=1S/C10H18N6O3S/c1-19-8-9(14-11)12-7-13-10(8)15-3-5-16(6-4-15)20(2,17)18/h7H,3-6,11H2,1-2H3,(H,12,13,14). The highest BCUT2D eigenvalue weighted by atomic mass is 32.2. The van der Waals surface area contributed by atoms with Gasteiger partial charge in [0.05, 0.1) is 13.4 Å². The van der Waals surface area contributed by atoms with Gasteiger partial charge in [0.2, 0.25) is 15.8 Å². The quantitative estimate of drug-likeness (QED) is 0.529. The lowest BCUT2D eigenvalue weighted by molar-refractivity contribution is 0.378. The molecular formula is C10H18N6O3S. The van der Waals surface area contributed by atoms with Crippen molar-refractivity contribution in [2.45, 2.75) is 0 Å². The maximum atomic E-state index is 11.5. The Morgan fingerprint density at radius 1 is 1.30 bits per heavy atom. The van der Waals surface area contributed by atoms with Gasteiger partial charge in [0.1, 0.15) is 6.33 Å². The first kappa shape index (κ1) is 14.8. The number of nitrogens with two attached hydrogens (primary N) is 1. The van der Waals surface area contributed by atoms with Crippen LogP contribution in [0.4, 0.5) is 11.6 Å². The third-order valence-corrected chi connectivity index (χ3v) is 4.44. The Kier molecular flexibility index (Phi) is 4.26. The van der Waals surface area contributed by atoms with Gasteiger partial charge < -0.3 is 15.1 Å². The molecule has 0 aliphatic carbocycles. The van der Waals surface area contributed by atoms with Crippen molar-refractivity contribution in [2.24, 2.45) is 5.84 Å². The monoisotopic (exact) mass is 302 g/mol. The van der Waals surface area contributed by atoms with Crippen molar-refractivity contribution in [3.05, 3.63) is 6.33 Å². The predicted molar refractivity (Wildman–Crippen MR) is 75.0 cm³/mol. The van der Waals surface area contributed by atoms with Crippen LogP contribution in [-0.4, -0.2) is 62.2 Å². The van der Waals surface area contributed by atoms with Crippen molar-refractivity contribution >= 4 is 21.7 Å². The van der Waals surface area contributed by atoms with Gasteiger partial charge in [-0.15, -0.1) is 0 Å². The van der Waals surface area contributed by atoms with Crippen LogP contribution in [0.1, 0.15) is 0 Å². The largest absolute Gasteiger partial charge is 0.490 e. The first-order valence-corrected chi connectivity index (χ1v) is 7.88. The molecule has 1 aromatic heterocycles. The Morgan fingerprint density at radius 2 is 1.95 bits per heavy atom. The zero-order chi connectivity index (χ0) is 14.8. The molecule has 20 heavy (non-hydrogen) atoms. The summed E-state index contributed by atoms with van der Waals surface area (Å²) in [6.45, 7) is 1.89. The summed E-state index contributed by atoms with van der Waals surface area (Å²) in [5.41, 5.74) is 2.45. The van der Waals surface area contributed by atoms with E-state index in [9.17, 15) is 8.42 Å². The Bertz CT molecular complexity index is 570. The van der Waals surface area contributed by atoms with Gasteiger partial charge in [-0.05, 0) is 0 Å². The van der Waals surface area contributed by atoms with E-state index in [-0.39, 0.29) is 0 Å². The number of hydrogen-bond donors (Lipinski definition) is 2. The molecule has 1 saturated heterocycles. The van der Waals surface area contributed by atoms with E-state index < -0.39 is 10.0 Å². The molecule has 0 saturated carbocycles. The number of sulfonamides is 1. The Labute approximate surface area is 117 Å². The zero-order valence-corrected chi connectivity index (χ0v) is 12.2. The molecule has 112 valence electrons. The average Bonchev–Trinajstić information content (AvgIpc) is 2.45. The van der Waals surface area contributed by atoms with Gasteiger partial charge >= 0.3 is 0 Å². The van der Waals surface area contributed by atoms with Crippen molar-refractivity contribution in [3.63, 3.8) is 0 Å². The number of piperazine rings is 1. The Balaban J connectivity index is 2.19. The Morgan fingerprint density at radius 3 is 2.45 bits per heavy atom. The molecule has 10 heteroatoms. The molecule has 2 rings (SSSR count). The average molecular weight is 302 g/mol. The van der Waals surface area contributed by atoms with E-state index in [1.54, 1.807) is 0 Å². The van der Waals surface area contributed by atoms with E-state index >= 15 is 0 Å².